The maximum Gasteiger partial charge on any atom is 0.189 e. The van der Waals surface area contributed by atoms with E-state index in [0.29, 0.717) is 6.42 Å². The predicted octanol–water partition coefficient (Wildman–Crippen LogP) is 2.22. The zero-order chi connectivity index (χ0) is 13.6. The van der Waals surface area contributed by atoms with Crippen LogP contribution in [0.5, 0.6) is 5.75 Å². The molecule has 1 atom stereocenters. The predicted molar refractivity (Wildman–Crippen MR) is 71.4 cm³/mol. The van der Waals surface area contributed by atoms with Crippen molar-refractivity contribution in [2.75, 3.05) is 13.4 Å². The van der Waals surface area contributed by atoms with Crippen molar-refractivity contribution in [3.8, 4) is 5.75 Å². The first kappa shape index (κ1) is 15.0. The smallest absolute Gasteiger partial charge is 0.189 e. The van der Waals surface area contributed by atoms with Crippen LogP contribution in [0.3, 0.4) is 0 Å². The highest BCUT2D eigenvalue weighted by molar-refractivity contribution is 5.28. The van der Waals surface area contributed by atoms with Crippen LogP contribution in [0.15, 0.2) is 24.3 Å². The number of hydrogen-bond donors (Lipinski definition) is 2. The van der Waals surface area contributed by atoms with Crippen LogP contribution < -0.4 is 10.5 Å². The Morgan fingerprint density at radius 3 is 2.33 bits per heavy atom. The third kappa shape index (κ3) is 5.49. The van der Waals surface area contributed by atoms with Gasteiger partial charge in [-0.25, -0.2) is 0 Å². The summed E-state index contributed by atoms with van der Waals surface area (Å²) in [5.74, 6) is 0.749. The van der Waals surface area contributed by atoms with Gasteiger partial charge in [-0.3, -0.25) is 0 Å². The third-order valence-corrected chi connectivity index (χ3v) is 2.47. The van der Waals surface area contributed by atoms with Gasteiger partial charge < -0.3 is 20.3 Å². The molecule has 0 aliphatic rings. The highest BCUT2D eigenvalue weighted by Crippen LogP contribution is 2.18. The molecule has 0 heterocycles. The van der Waals surface area contributed by atoms with Crippen molar-refractivity contribution in [1.82, 2.24) is 0 Å². The summed E-state index contributed by atoms with van der Waals surface area (Å²) in [6.07, 6.45) is 0.563. The monoisotopic (exact) mass is 253 g/mol. The Kier molecular flexibility index (Phi) is 5.59. The van der Waals surface area contributed by atoms with E-state index in [1.54, 1.807) is 0 Å². The summed E-state index contributed by atoms with van der Waals surface area (Å²) in [5, 5.41) is 8.82. The molecule has 1 rings (SSSR count). The average Bonchev–Trinajstić information content (AvgIpc) is 2.28. The van der Waals surface area contributed by atoms with Gasteiger partial charge in [0.1, 0.15) is 5.75 Å². The van der Waals surface area contributed by atoms with Gasteiger partial charge in [-0.15, -0.1) is 0 Å². The highest BCUT2D eigenvalue weighted by Gasteiger charge is 2.10. The fraction of sp³-hybridized carbons (Fsp3) is 0.571. The van der Waals surface area contributed by atoms with Gasteiger partial charge in [-0.2, -0.15) is 0 Å². The quantitative estimate of drug-likeness (QED) is 0.763. The first-order valence-electron chi connectivity index (χ1n) is 6.15. The van der Waals surface area contributed by atoms with Gasteiger partial charge in [-0.1, -0.05) is 12.1 Å². The van der Waals surface area contributed by atoms with Gasteiger partial charge in [-0.05, 0) is 44.9 Å². The van der Waals surface area contributed by atoms with Crippen molar-refractivity contribution in [1.29, 1.82) is 0 Å². The Morgan fingerprint density at radius 1 is 1.22 bits per heavy atom. The number of nitrogens with two attached hydrogens (primary N) is 1. The summed E-state index contributed by atoms with van der Waals surface area (Å²) >= 11 is 0. The van der Waals surface area contributed by atoms with Crippen LogP contribution in [0.25, 0.3) is 0 Å². The molecule has 1 aromatic rings. The van der Waals surface area contributed by atoms with E-state index in [0.717, 1.165) is 11.3 Å². The van der Waals surface area contributed by atoms with Gasteiger partial charge in [0.05, 0.1) is 5.60 Å². The van der Waals surface area contributed by atoms with Crippen LogP contribution in [0.4, 0.5) is 0 Å². The zero-order valence-corrected chi connectivity index (χ0v) is 11.3. The summed E-state index contributed by atoms with van der Waals surface area (Å²) in [4.78, 5) is 0. The van der Waals surface area contributed by atoms with E-state index in [1.807, 2.05) is 45.0 Å². The summed E-state index contributed by atoms with van der Waals surface area (Å²) in [6, 6.07) is 7.41. The van der Waals surface area contributed by atoms with Gasteiger partial charge >= 0.3 is 0 Å². The molecule has 0 fully saturated rings. The number of hydrogen-bond acceptors (Lipinski definition) is 4. The minimum absolute atomic E-state index is 0.0961. The summed E-state index contributed by atoms with van der Waals surface area (Å²) in [6.45, 7) is 6.26. The molecule has 0 saturated carbocycles. The molecule has 0 amide bonds. The molecule has 1 aromatic carbocycles. The van der Waals surface area contributed by atoms with Crippen molar-refractivity contribution in [2.24, 2.45) is 5.73 Å². The van der Waals surface area contributed by atoms with Gasteiger partial charge in [0, 0.05) is 12.6 Å². The number of rotatable bonds is 6. The van der Waals surface area contributed by atoms with E-state index in [2.05, 4.69) is 0 Å². The second kappa shape index (κ2) is 6.73. The van der Waals surface area contributed by atoms with Crippen LogP contribution in [-0.2, 0) is 4.74 Å². The van der Waals surface area contributed by atoms with Gasteiger partial charge in [0.25, 0.3) is 0 Å². The summed E-state index contributed by atoms with van der Waals surface area (Å²) in [5.41, 5.74) is 6.68. The molecular formula is C14H23NO3. The van der Waals surface area contributed by atoms with Crippen molar-refractivity contribution < 1.29 is 14.6 Å². The van der Waals surface area contributed by atoms with Gasteiger partial charge in [0.15, 0.2) is 6.79 Å². The lowest BCUT2D eigenvalue weighted by Crippen LogP contribution is -2.22. The Balaban J connectivity index is 2.45. The topological polar surface area (TPSA) is 64.7 Å². The largest absolute Gasteiger partial charge is 0.468 e. The van der Waals surface area contributed by atoms with Crippen LogP contribution >= 0.6 is 0 Å². The normalized spacial score (nSPS) is 13.4. The lowest BCUT2D eigenvalue weighted by Gasteiger charge is -2.19. The highest BCUT2D eigenvalue weighted by atomic mass is 16.7. The average molecular weight is 253 g/mol. The van der Waals surface area contributed by atoms with Crippen molar-refractivity contribution in [3.63, 3.8) is 0 Å². The molecule has 0 aliphatic carbocycles. The van der Waals surface area contributed by atoms with Crippen molar-refractivity contribution in [2.45, 2.75) is 38.8 Å². The maximum absolute atomic E-state index is 8.82. The van der Waals surface area contributed by atoms with E-state index in [1.165, 1.54) is 0 Å². The molecule has 0 bridgehead atoms. The standard InChI is InChI=1S/C14H23NO3/c1-14(2,3)18-10-17-12-6-4-11(5-7-12)13(15)8-9-16/h4-7,13,16H,8-10,15H2,1-3H3. The third-order valence-electron chi connectivity index (χ3n) is 2.47. The Labute approximate surface area is 109 Å². The number of aliphatic hydroxyl groups is 1. The van der Waals surface area contributed by atoms with Crippen LogP contribution in [0.1, 0.15) is 38.8 Å². The first-order valence-corrected chi connectivity index (χ1v) is 6.15. The van der Waals surface area contributed by atoms with Crippen LogP contribution in [0.2, 0.25) is 0 Å². The van der Waals surface area contributed by atoms with Crippen LogP contribution in [-0.4, -0.2) is 24.1 Å². The van der Waals surface area contributed by atoms with E-state index in [-0.39, 0.29) is 25.0 Å². The first-order chi connectivity index (χ1) is 8.42. The Hall–Kier alpha value is -1.10. The summed E-state index contributed by atoms with van der Waals surface area (Å²) in [7, 11) is 0. The fourth-order valence-corrected chi connectivity index (χ4v) is 1.39. The van der Waals surface area contributed by atoms with Crippen LogP contribution in [0, 0.1) is 0 Å². The van der Waals surface area contributed by atoms with E-state index in [4.69, 9.17) is 20.3 Å². The summed E-state index contributed by atoms with van der Waals surface area (Å²) < 4.78 is 10.9. The minimum Gasteiger partial charge on any atom is -0.468 e. The lowest BCUT2D eigenvalue weighted by atomic mass is 10.1. The molecule has 0 aromatic heterocycles. The molecule has 1 unspecified atom stereocenters. The molecule has 0 radical (unpaired) electrons. The second-order valence-electron chi connectivity index (χ2n) is 5.21. The molecule has 4 nitrogen and oxygen atoms in total. The SMILES string of the molecule is CC(C)(C)OCOc1ccc(C(N)CCO)cc1. The molecule has 0 aliphatic heterocycles. The minimum atomic E-state index is -0.205. The Bertz CT molecular complexity index is 343. The Morgan fingerprint density at radius 2 is 1.83 bits per heavy atom. The number of benzene rings is 1. The molecular weight excluding hydrogens is 230 g/mol. The maximum atomic E-state index is 8.82. The molecule has 0 spiro atoms. The molecule has 4 heteroatoms. The lowest BCUT2D eigenvalue weighted by molar-refractivity contribution is -0.0758. The van der Waals surface area contributed by atoms with E-state index >= 15 is 0 Å². The van der Waals surface area contributed by atoms with Gasteiger partial charge in [0.2, 0.25) is 0 Å². The number of aliphatic hydroxyl groups excluding tert-OH is 1. The van der Waals surface area contributed by atoms with Crippen molar-refractivity contribution >= 4 is 0 Å². The van der Waals surface area contributed by atoms with Crippen molar-refractivity contribution in [3.05, 3.63) is 29.8 Å². The second-order valence-corrected chi connectivity index (χ2v) is 5.21. The molecule has 3 N–H and O–H groups in total. The molecule has 18 heavy (non-hydrogen) atoms. The zero-order valence-electron chi connectivity index (χ0n) is 11.3. The fourth-order valence-electron chi connectivity index (χ4n) is 1.39. The van der Waals surface area contributed by atoms with E-state index in [9.17, 15) is 0 Å². The van der Waals surface area contributed by atoms with E-state index < -0.39 is 0 Å². The number of ether oxygens (including phenoxy) is 2. The molecule has 0 saturated heterocycles. The molecule has 102 valence electrons.